The maximum atomic E-state index is 12.0. The van der Waals surface area contributed by atoms with Crippen molar-refractivity contribution < 1.29 is 19.2 Å². The maximum Gasteiger partial charge on any atom is 0.284 e. The number of nitro groups is 1. The zero-order valence-electron chi connectivity index (χ0n) is 10.1. The second-order valence-electron chi connectivity index (χ2n) is 3.35. The van der Waals surface area contributed by atoms with Crippen molar-refractivity contribution in [2.75, 3.05) is 13.7 Å². The zero-order chi connectivity index (χ0) is 13.7. The van der Waals surface area contributed by atoms with Crippen molar-refractivity contribution in [2.24, 2.45) is 5.73 Å². The van der Waals surface area contributed by atoms with Crippen LogP contribution in [0, 0.1) is 10.1 Å². The molecule has 0 aliphatic carbocycles. The van der Waals surface area contributed by atoms with E-state index >= 15 is 0 Å². The second kappa shape index (κ2) is 6.08. The van der Waals surface area contributed by atoms with E-state index in [0.717, 1.165) is 0 Å². The van der Waals surface area contributed by atoms with Crippen LogP contribution in [0.25, 0.3) is 0 Å². The number of ether oxygens (including phenoxy) is 2. The number of hydrogen-bond donors (Lipinski definition) is 1. The van der Waals surface area contributed by atoms with Gasteiger partial charge in [-0.25, -0.2) is 0 Å². The highest BCUT2D eigenvalue weighted by Crippen LogP contribution is 2.29. The molecule has 18 heavy (non-hydrogen) atoms. The van der Waals surface area contributed by atoms with E-state index in [1.165, 1.54) is 25.3 Å². The number of methoxy groups -OCH3 is 1. The van der Waals surface area contributed by atoms with Crippen LogP contribution in [-0.4, -0.2) is 30.7 Å². The summed E-state index contributed by atoms with van der Waals surface area (Å²) in [5, 5.41) is 10.9. The first kappa shape index (κ1) is 14.1. The second-order valence-corrected chi connectivity index (χ2v) is 3.35. The van der Waals surface area contributed by atoms with E-state index in [9.17, 15) is 14.9 Å². The Kier molecular flexibility index (Phi) is 4.75. The van der Waals surface area contributed by atoms with Crippen LogP contribution >= 0.6 is 0 Å². The maximum absolute atomic E-state index is 12.0. The fourth-order valence-electron chi connectivity index (χ4n) is 1.49. The van der Waals surface area contributed by atoms with Crippen molar-refractivity contribution in [1.29, 1.82) is 0 Å². The molecule has 0 aromatic heterocycles. The molecule has 0 saturated carbocycles. The molecule has 1 aromatic carbocycles. The Morgan fingerprint density at radius 3 is 2.72 bits per heavy atom. The summed E-state index contributed by atoms with van der Waals surface area (Å²) in [4.78, 5) is 22.2. The van der Waals surface area contributed by atoms with Crippen LogP contribution in [0.15, 0.2) is 18.2 Å². The molecule has 1 atom stereocenters. The van der Waals surface area contributed by atoms with Gasteiger partial charge in [-0.05, 0) is 13.0 Å². The number of nitrogens with zero attached hydrogens (tertiary/aromatic N) is 1. The molecule has 1 unspecified atom stereocenters. The summed E-state index contributed by atoms with van der Waals surface area (Å²) in [7, 11) is 1.32. The molecule has 1 aromatic rings. The van der Waals surface area contributed by atoms with E-state index in [1.54, 1.807) is 6.92 Å². The third-order valence-electron chi connectivity index (χ3n) is 2.27. The fraction of sp³-hybridized carbons (Fsp3) is 0.364. The molecule has 0 bridgehead atoms. The SMILES string of the molecule is CCOC(N)C(=O)c1c(OC)cccc1[N+](=O)[O-]. The van der Waals surface area contributed by atoms with Gasteiger partial charge in [-0.3, -0.25) is 20.6 Å². The lowest BCUT2D eigenvalue weighted by molar-refractivity contribution is -0.385. The predicted molar refractivity (Wildman–Crippen MR) is 63.6 cm³/mol. The smallest absolute Gasteiger partial charge is 0.284 e. The molecule has 0 aliphatic heterocycles. The van der Waals surface area contributed by atoms with Crippen LogP contribution in [0.4, 0.5) is 5.69 Å². The van der Waals surface area contributed by atoms with Crippen LogP contribution in [0.1, 0.15) is 17.3 Å². The van der Waals surface area contributed by atoms with Crippen molar-refractivity contribution in [3.8, 4) is 5.75 Å². The van der Waals surface area contributed by atoms with Gasteiger partial charge >= 0.3 is 0 Å². The highest BCUT2D eigenvalue weighted by molar-refractivity contribution is 6.04. The Balaban J connectivity index is 3.27. The number of nitro benzene ring substituents is 1. The Morgan fingerprint density at radius 2 is 2.22 bits per heavy atom. The first-order valence-corrected chi connectivity index (χ1v) is 5.25. The van der Waals surface area contributed by atoms with E-state index in [-0.39, 0.29) is 23.6 Å². The van der Waals surface area contributed by atoms with E-state index in [2.05, 4.69) is 0 Å². The number of Topliss-reactive ketones (excluding diaryl/α,β-unsaturated/α-hetero) is 1. The molecule has 7 heteroatoms. The molecule has 0 aliphatic rings. The van der Waals surface area contributed by atoms with Gasteiger partial charge in [-0.1, -0.05) is 6.07 Å². The summed E-state index contributed by atoms with van der Waals surface area (Å²) in [6.07, 6.45) is -1.25. The summed E-state index contributed by atoms with van der Waals surface area (Å²) in [6.45, 7) is 1.90. The molecule has 98 valence electrons. The topological polar surface area (TPSA) is 105 Å². The first-order valence-electron chi connectivity index (χ1n) is 5.25. The Morgan fingerprint density at radius 1 is 1.56 bits per heavy atom. The highest BCUT2D eigenvalue weighted by atomic mass is 16.6. The average molecular weight is 254 g/mol. The summed E-state index contributed by atoms with van der Waals surface area (Å²) in [5.41, 5.74) is 4.98. The van der Waals surface area contributed by atoms with Crippen LogP contribution in [0.2, 0.25) is 0 Å². The number of carbonyl (C=O) groups is 1. The number of nitrogens with two attached hydrogens (primary N) is 1. The summed E-state index contributed by atoms with van der Waals surface area (Å²) in [5.74, 6) is -0.578. The van der Waals surface area contributed by atoms with Gasteiger partial charge < -0.3 is 9.47 Å². The zero-order valence-corrected chi connectivity index (χ0v) is 10.1. The van der Waals surface area contributed by atoms with Crippen molar-refractivity contribution in [3.63, 3.8) is 0 Å². The molecule has 7 nitrogen and oxygen atoms in total. The Bertz CT molecular complexity index is 461. The van der Waals surface area contributed by atoms with E-state index in [4.69, 9.17) is 15.2 Å². The summed E-state index contributed by atoms with van der Waals surface area (Å²) in [6, 6.07) is 4.10. The predicted octanol–water partition coefficient (Wildman–Crippen LogP) is 1.11. The van der Waals surface area contributed by atoms with Crippen molar-refractivity contribution in [2.45, 2.75) is 13.2 Å². The molecule has 0 amide bonds. The van der Waals surface area contributed by atoms with E-state index < -0.39 is 16.9 Å². The molecular formula is C11H14N2O5. The standard InChI is InChI=1S/C11H14N2O5/c1-3-18-11(12)10(14)9-7(13(15)16)5-4-6-8(9)17-2/h4-6,11H,3,12H2,1-2H3. The molecule has 1 rings (SSSR count). The molecule has 0 fully saturated rings. The van der Waals surface area contributed by atoms with Crippen LogP contribution < -0.4 is 10.5 Å². The average Bonchev–Trinajstić information content (AvgIpc) is 2.37. The van der Waals surface area contributed by atoms with Gasteiger partial charge in [0.25, 0.3) is 5.69 Å². The third-order valence-corrected chi connectivity index (χ3v) is 2.27. The van der Waals surface area contributed by atoms with E-state index in [1.807, 2.05) is 0 Å². The number of hydrogen-bond acceptors (Lipinski definition) is 6. The number of ketones is 1. The van der Waals surface area contributed by atoms with E-state index in [0.29, 0.717) is 0 Å². The molecule has 0 radical (unpaired) electrons. The van der Waals surface area contributed by atoms with Gasteiger partial charge in [0.05, 0.1) is 12.0 Å². The van der Waals surface area contributed by atoms with Gasteiger partial charge in [-0.15, -0.1) is 0 Å². The minimum atomic E-state index is -1.25. The number of benzene rings is 1. The van der Waals surface area contributed by atoms with Crippen molar-refractivity contribution >= 4 is 11.5 Å². The minimum absolute atomic E-state index is 0.101. The van der Waals surface area contributed by atoms with Gasteiger partial charge in [0.2, 0.25) is 5.78 Å². The summed E-state index contributed by atoms with van der Waals surface area (Å²) < 4.78 is 9.89. The van der Waals surface area contributed by atoms with Gasteiger partial charge in [-0.2, -0.15) is 0 Å². The Labute approximate surface area is 104 Å². The lowest BCUT2D eigenvalue weighted by Gasteiger charge is -2.13. The molecule has 0 heterocycles. The van der Waals surface area contributed by atoms with Gasteiger partial charge in [0, 0.05) is 12.7 Å². The normalized spacial score (nSPS) is 11.9. The molecular weight excluding hydrogens is 240 g/mol. The van der Waals surface area contributed by atoms with Crippen molar-refractivity contribution in [3.05, 3.63) is 33.9 Å². The number of rotatable bonds is 6. The van der Waals surface area contributed by atoms with Crippen LogP contribution in [0.3, 0.4) is 0 Å². The van der Waals surface area contributed by atoms with Crippen LogP contribution in [-0.2, 0) is 4.74 Å². The molecule has 0 saturated heterocycles. The largest absolute Gasteiger partial charge is 0.496 e. The molecule has 2 N–H and O–H groups in total. The van der Waals surface area contributed by atoms with Crippen LogP contribution in [0.5, 0.6) is 5.75 Å². The highest BCUT2D eigenvalue weighted by Gasteiger charge is 2.28. The number of carbonyl (C=O) groups excluding carboxylic acids is 1. The minimum Gasteiger partial charge on any atom is -0.496 e. The fourth-order valence-corrected chi connectivity index (χ4v) is 1.49. The van der Waals surface area contributed by atoms with Gasteiger partial charge in [0.1, 0.15) is 11.3 Å². The monoisotopic (exact) mass is 254 g/mol. The lowest BCUT2D eigenvalue weighted by Crippen LogP contribution is -2.34. The third kappa shape index (κ3) is 2.82. The first-order chi connectivity index (χ1) is 8.52. The Hall–Kier alpha value is -1.99. The summed E-state index contributed by atoms with van der Waals surface area (Å²) >= 11 is 0. The van der Waals surface area contributed by atoms with Gasteiger partial charge in [0.15, 0.2) is 6.23 Å². The van der Waals surface area contributed by atoms with Crippen molar-refractivity contribution in [1.82, 2.24) is 0 Å². The molecule has 0 spiro atoms. The quantitative estimate of drug-likeness (QED) is 0.353. The lowest BCUT2D eigenvalue weighted by atomic mass is 10.1.